The molecule has 296 valence electrons. The molecule has 2 heteroatoms. The lowest BCUT2D eigenvalue weighted by atomic mass is 9.70. The van der Waals surface area contributed by atoms with Gasteiger partial charge in [-0.15, -0.1) is 0 Å². The van der Waals surface area contributed by atoms with Crippen LogP contribution in [0, 0.1) is 11.8 Å². The molecule has 0 aliphatic heterocycles. The molecule has 2 nitrogen and oxygen atoms in total. The minimum Gasteiger partial charge on any atom is -0.248 e. The topological polar surface area (TPSA) is 25.8 Å². The predicted octanol–water partition coefficient (Wildman–Crippen LogP) is 15.8. The SMILES string of the molecule is c1ccc(-c2cc(-c3cc(-c4cc(-c5ccccc5)nc(-c5ccccc5)c4)cc(-c4cccc5c4-c4ccccc4C4CC6CC5CC4C6)c3)cc(-c3ccccc3)n2)cc1. The van der Waals surface area contributed by atoms with Crippen LogP contribution in [0.15, 0.2) is 206 Å². The van der Waals surface area contributed by atoms with E-state index in [1.165, 1.54) is 53.5 Å². The standard InChI is InChI=1S/C60H46N2/c1-5-16-40(17-6-1)56-35-46(36-57(61-56)41-18-7-2-8-19-41)44-31-45(47-37-58(42-20-9-3-10-21-42)62-59(38-47)43-22-11-4-12-23-43)33-50(32-44)52-27-15-26-51-48-28-39-29-49(34-48)55(30-39)53-24-13-14-25-54(53)60(51)52/h1-27,31-33,35-39,48-49,55H,28-30,34H2. The van der Waals surface area contributed by atoms with E-state index < -0.39 is 0 Å². The zero-order valence-electron chi connectivity index (χ0n) is 34.7. The molecular weight excluding hydrogens is 749 g/mol. The average molecular weight is 795 g/mol. The summed E-state index contributed by atoms with van der Waals surface area (Å²) < 4.78 is 0. The van der Waals surface area contributed by atoms with Gasteiger partial charge in [-0.1, -0.05) is 164 Å². The van der Waals surface area contributed by atoms with E-state index >= 15 is 0 Å². The van der Waals surface area contributed by atoms with E-state index in [1.807, 2.05) is 0 Å². The van der Waals surface area contributed by atoms with Crippen molar-refractivity contribution in [3.05, 3.63) is 217 Å². The van der Waals surface area contributed by atoms with Crippen LogP contribution in [0.2, 0.25) is 0 Å². The smallest absolute Gasteiger partial charge is 0.0715 e. The molecule has 0 spiro atoms. The molecule has 2 fully saturated rings. The molecule has 7 aromatic carbocycles. The van der Waals surface area contributed by atoms with Crippen LogP contribution in [0.5, 0.6) is 0 Å². The van der Waals surface area contributed by atoms with E-state index in [9.17, 15) is 0 Å². The fourth-order valence-electron chi connectivity index (χ4n) is 11.2. The van der Waals surface area contributed by atoms with Gasteiger partial charge in [0.15, 0.2) is 0 Å². The van der Waals surface area contributed by atoms with Crippen LogP contribution >= 0.6 is 0 Å². The van der Waals surface area contributed by atoms with Gasteiger partial charge in [-0.25, -0.2) is 9.97 Å². The van der Waals surface area contributed by atoms with Crippen LogP contribution in [-0.4, -0.2) is 9.97 Å². The largest absolute Gasteiger partial charge is 0.248 e. The Balaban J connectivity index is 1.13. The highest BCUT2D eigenvalue weighted by molar-refractivity contribution is 5.93. The molecule has 62 heavy (non-hydrogen) atoms. The van der Waals surface area contributed by atoms with Crippen LogP contribution in [0.25, 0.3) is 89.5 Å². The molecule has 3 aliphatic carbocycles. The van der Waals surface area contributed by atoms with Gasteiger partial charge in [0.2, 0.25) is 0 Å². The van der Waals surface area contributed by atoms with Crippen LogP contribution < -0.4 is 0 Å². The van der Waals surface area contributed by atoms with Crippen LogP contribution in [-0.2, 0) is 0 Å². The Bertz CT molecular complexity index is 2820. The summed E-state index contributed by atoms with van der Waals surface area (Å²) in [5, 5.41) is 0. The molecule has 2 aromatic heterocycles. The molecular formula is C60H46N2. The summed E-state index contributed by atoms with van der Waals surface area (Å²) >= 11 is 0. The van der Waals surface area contributed by atoms with Crippen molar-refractivity contribution in [1.29, 1.82) is 0 Å². The first-order valence-corrected chi connectivity index (χ1v) is 22.3. The van der Waals surface area contributed by atoms with Gasteiger partial charge in [0.05, 0.1) is 22.8 Å². The normalized spacial score (nSPS) is 18.4. The van der Waals surface area contributed by atoms with Crippen molar-refractivity contribution in [2.45, 2.75) is 37.5 Å². The lowest BCUT2D eigenvalue weighted by Gasteiger charge is -2.34. The molecule has 0 amide bonds. The summed E-state index contributed by atoms with van der Waals surface area (Å²) in [6.45, 7) is 0. The first kappa shape index (κ1) is 36.7. The van der Waals surface area contributed by atoms with Crippen LogP contribution in [0.3, 0.4) is 0 Å². The second kappa shape index (κ2) is 15.4. The van der Waals surface area contributed by atoms with Gasteiger partial charge in [-0.3, -0.25) is 0 Å². The van der Waals surface area contributed by atoms with Crippen molar-refractivity contribution < 1.29 is 0 Å². The number of fused-ring (bicyclic) bond motifs is 7. The number of benzene rings is 7. The van der Waals surface area contributed by atoms with Gasteiger partial charge in [-0.2, -0.15) is 0 Å². The molecule has 4 unspecified atom stereocenters. The highest BCUT2D eigenvalue weighted by atomic mass is 14.7. The monoisotopic (exact) mass is 794 g/mol. The second-order valence-electron chi connectivity index (χ2n) is 17.7. The molecule has 2 saturated carbocycles. The third-order valence-electron chi connectivity index (χ3n) is 14.0. The van der Waals surface area contributed by atoms with Gasteiger partial charge in [0, 0.05) is 22.3 Å². The molecule has 0 N–H and O–H groups in total. The molecule has 0 radical (unpaired) electrons. The maximum atomic E-state index is 5.28. The van der Waals surface area contributed by atoms with Gasteiger partial charge in [-0.05, 0) is 147 Å². The summed E-state index contributed by atoms with van der Waals surface area (Å²) in [7, 11) is 0. The molecule has 3 aliphatic rings. The van der Waals surface area contributed by atoms with Crippen molar-refractivity contribution in [2.24, 2.45) is 11.8 Å². The van der Waals surface area contributed by atoms with Gasteiger partial charge >= 0.3 is 0 Å². The summed E-state index contributed by atoms with van der Waals surface area (Å²) in [6, 6.07) is 75.4. The fourth-order valence-corrected chi connectivity index (χ4v) is 11.2. The minimum absolute atomic E-state index is 0.582. The van der Waals surface area contributed by atoms with E-state index in [0.717, 1.165) is 79.1 Å². The minimum atomic E-state index is 0.582. The highest BCUT2D eigenvalue weighted by Gasteiger charge is 2.44. The van der Waals surface area contributed by atoms with Crippen LogP contribution in [0.4, 0.5) is 0 Å². The lowest BCUT2D eigenvalue weighted by molar-refractivity contribution is 0.312. The van der Waals surface area contributed by atoms with Gasteiger partial charge in [0.25, 0.3) is 0 Å². The fraction of sp³-hybridized carbons (Fsp3) is 0.133. The Morgan fingerprint density at radius 1 is 0.306 bits per heavy atom. The van der Waals surface area contributed by atoms with Crippen molar-refractivity contribution >= 4 is 0 Å². The van der Waals surface area contributed by atoms with E-state index in [-0.39, 0.29) is 0 Å². The van der Waals surface area contributed by atoms with Crippen molar-refractivity contribution in [1.82, 2.24) is 9.97 Å². The summed E-state index contributed by atoms with van der Waals surface area (Å²) in [5.41, 5.74) is 21.3. The van der Waals surface area contributed by atoms with Crippen molar-refractivity contribution in [3.8, 4) is 89.5 Å². The quantitative estimate of drug-likeness (QED) is 0.161. The molecule has 4 atom stereocenters. The lowest BCUT2D eigenvalue weighted by Crippen LogP contribution is -2.19. The van der Waals surface area contributed by atoms with E-state index in [1.54, 1.807) is 5.56 Å². The number of hydrogen-bond acceptors (Lipinski definition) is 2. The van der Waals surface area contributed by atoms with Crippen molar-refractivity contribution in [2.75, 3.05) is 0 Å². The summed E-state index contributed by atoms with van der Waals surface area (Å²) in [4.78, 5) is 10.6. The number of nitrogens with zero attached hydrogens (tertiary/aromatic N) is 2. The number of pyridine rings is 2. The zero-order valence-corrected chi connectivity index (χ0v) is 34.7. The van der Waals surface area contributed by atoms with E-state index in [2.05, 4.69) is 206 Å². The van der Waals surface area contributed by atoms with Crippen molar-refractivity contribution in [3.63, 3.8) is 0 Å². The summed E-state index contributed by atoms with van der Waals surface area (Å²) in [6.07, 6.45) is 5.30. The van der Waals surface area contributed by atoms with E-state index in [4.69, 9.17) is 9.97 Å². The Morgan fingerprint density at radius 3 is 1.24 bits per heavy atom. The summed E-state index contributed by atoms with van der Waals surface area (Å²) in [5.74, 6) is 2.81. The number of hydrogen-bond donors (Lipinski definition) is 0. The first-order chi connectivity index (χ1) is 30.7. The Hall–Kier alpha value is -7.16. The molecule has 12 rings (SSSR count). The molecule has 9 aromatic rings. The second-order valence-corrected chi connectivity index (χ2v) is 17.7. The zero-order chi connectivity index (χ0) is 41.0. The molecule has 3 bridgehead atoms. The first-order valence-electron chi connectivity index (χ1n) is 22.3. The Morgan fingerprint density at radius 2 is 0.726 bits per heavy atom. The maximum absolute atomic E-state index is 5.28. The average Bonchev–Trinajstić information content (AvgIpc) is 3.67. The molecule has 2 heterocycles. The number of aromatic nitrogens is 2. The number of rotatable bonds is 7. The van der Waals surface area contributed by atoms with Gasteiger partial charge < -0.3 is 0 Å². The van der Waals surface area contributed by atoms with E-state index in [0.29, 0.717) is 11.8 Å². The highest BCUT2D eigenvalue weighted by Crippen LogP contribution is 2.60. The Kier molecular flexibility index (Phi) is 9.10. The third-order valence-corrected chi connectivity index (χ3v) is 14.0. The maximum Gasteiger partial charge on any atom is 0.0715 e. The van der Waals surface area contributed by atoms with Gasteiger partial charge in [0.1, 0.15) is 0 Å². The Labute approximate surface area is 364 Å². The predicted molar refractivity (Wildman–Crippen MR) is 256 cm³/mol. The molecule has 0 saturated heterocycles. The third kappa shape index (κ3) is 6.68. The van der Waals surface area contributed by atoms with Crippen LogP contribution in [0.1, 0.15) is 48.6 Å².